The molecular formula is C15H23N3O2. The van der Waals surface area contributed by atoms with Crippen molar-refractivity contribution in [3.8, 4) is 0 Å². The van der Waals surface area contributed by atoms with Gasteiger partial charge in [0.2, 0.25) is 5.91 Å². The van der Waals surface area contributed by atoms with Crippen LogP contribution in [0.2, 0.25) is 0 Å². The van der Waals surface area contributed by atoms with Crippen LogP contribution in [0, 0.1) is 5.92 Å². The summed E-state index contributed by atoms with van der Waals surface area (Å²) in [6.07, 6.45) is 6.85. The Bertz CT molecular complexity index is 450. The van der Waals surface area contributed by atoms with Crippen LogP contribution < -0.4 is 5.32 Å². The Kier molecular flexibility index (Phi) is 5.35. The average molecular weight is 277 g/mol. The molecule has 2 N–H and O–H groups in total. The molecule has 1 aliphatic heterocycles. The molecular weight excluding hydrogens is 254 g/mol. The number of piperidine rings is 1. The molecule has 2 heterocycles. The van der Waals surface area contributed by atoms with Crippen molar-refractivity contribution in [3.05, 3.63) is 24.0 Å². The molecule has 0 bridgehead atoms. The highest BCUT2D eigenvalue weighted by molar-refractivity contribution is 5.73. The molecule has 0 radical (unpaired) electrons. The number of likely N-dealkylation sites (tertiary alicyclic amines) is 1. The quantitative estimate of drug-likeness (QED) is 0.851. The average Bonchev–Trinajstić information content (AvgIpc) is 2.46. The predicted molar refractivity (Wildman–Crippen MR) is 78.5 cm³/mol. The molecule has 5 heteroatoms. The van der Waals surface area contributed by atoms with Crippen molar-refractivity contribution in [2.45, 2.75) is 26.2 Å². The van der Waals surface area contributed by atoms with Gasteiger partial charge in [0.1, 0.15) is 0 Å². The van der Waals surface area contributed by atoms with E-state index in [2.05, 4.69) is 16.4 Å². The molecule has 20 heavy (non-hydrogen) atoms. The first-order valence-corrected chi connectivity index (χ1v) is 7.23. The lowest BCUT2D eigenvalue weighted by Crippen LogP contribution is -2.39. The first-order valence-electron chi connectivity index (χ1n) is 7.23. The molecule has 0 spiro atoms. The minimum atomic E-state index is 0.112. The summed E-state index contributed by atoms with van der Waals surface area (Å²) >= 11 is 0. The lowest BCUT2D eigenvalue weighted by Gasteiger charge is -2.32. The number of nitrogens with zero attached hydrogens (tertiary/aromatic N) is 2. The highest BCUT2D eigenvalue weighted by Crippen LogP contribution is 2.21. The largest absolute Gasteiger partial charge is 0.395 e. The third-order valence-corrected chi connectivity index (χ3v) is 3.72. The van der Waals surface area contributed by atoms with Crippen molar-refractivity contribution < 1.29 is 9.90 Å². The minimum absolute atomic E-state index is 0.112. The summed E-state index contributed by atoms with van der Waals surface area (Å²) in [5.41, 5.74) is 2.12. The summed E-state index contributed by atoms with van der Waals surface area (Å²) in [4.78, 5) is 17.6. The van der Waals surface area contributed by atoms with E-state index in [-0.39, 0.29) is 12.5 Å². The normalized spacial score (nSPS) is 18.9. The van der Waals surface area contributed by atoms with E-state index in [4.69, 9.17) is 5.11 Å². The van der Waals surface area contributed by atoms with Crippen LogP contribution in [-0.4, -0.2) is 47.1 Å². The van der Waals surface area contributed by atoms with E-state index in [0.717, 1.165) is 38.0 Å². The van der Waals surface area contributed by atoms with Gasteiger partial charge in [-0.3, -0.25) is 9.78 Å². The van der Waals surface area contributed by atoms with E-state index in [0.29, 0.717) is 12.5 Å². The highest BCUT2D eigenvalue weighted by atomic mass is 16.3. The lowest BCUT2D eigenvalue weighted by molar-refractivity contribution is -0.130. The van der Waals surface area contributed by atoms with Crippen LogP contribution in [-0.2, 0) is 11.2 Å². The van der Waals surface area contributed by atoms with Crippen molar-refractivity contribution in [3.63, 3.8) is 0 Å². The van der Waals surface area contributed by atoms with Gasteiger partial charge in [0.15, 0.2) is 0 Å². The summed E-state index contributed by atoms with van der Waals surface area (Å²) in [6.45, 7) is 4.03. The van der Waals surface area contributed by atoms with E-state index < -0.39 is 0 Å². The Hall–Kier alpha value is -1.62. The number of nitrogens with one attached hydrogen (secondary N) is 1. The molecule has 0 saturated carbocycles. The second-order valence-corrected chi connectivity index (χ2v) is 5.41. The second kappa shape index (κ2) is 7.24. The number of hydrogen-bond acceptors (Lipinski definition) is 4. The third-order valence-electron chi connectivity index (χ3n) is 3.72. The number of rotatable bonds is 5. The maximum atomic E-state index is 11.4. The number of aliphatic hydroxyl groups excluding tert-OH is 1. The first kappa shape index (κ1) is 14.8. The van der Waals surface area contributed by atoms with Gasteiger partial charge in [-0.05, 0) is 36.8 Å². The number of aliphatic hydroxyl groups is 1. The van der Waals surface area contributed by atoms with Crippen molar-refractivity contribution in [1.82, 2.24) is 9.88 Å². The molecule has 2 rings (SSSR count). The van der Waals surface area contributed by atoms with Gasteiger partial charge in [-0.25, -0.2) is 0 Å². The number of hydrogen-bond donors (Lipinski definition) is 2. The van der Waals surface area contributed by atoms with E-state index >= 15 is 0 Å². The molecule has 1 fully saturated rings. The van der Waals surface area contributed by atoms with Crippen LogP contribution in [0.5, 0.6) is 0 Å². The molecule has 0 aliphatic carbocycles. The molecule has 5 nitrogen and oxygen atoms in total. The standard InChI is InChI=1S/C15H23N3O2/c1-12(20)18-5-2-3-13(11-18)7-14-8-15(10-16-9-14)17-4-6-19/h8-10,13,17,19H,2-7,11H2,1H3/t13-/m0/s1. The highest BCUT2D eigenvalue weighted by Gasteiger charge is 2.21. The van der Waals surface area contributed by atoms with Crippen LogP contribution in [0.25, 0.3) is 0 Å². The Morgan fingerprint density at radius 2 is 2.40 bits per heavy atom. The van der Waals surface area contributed by atoms with E-state index in [1.54, 1.807) is 13.1 Å². The predicted octanol–water partition coefficient (Wildman–Crippen LogP) is 1.29. The first-order chi connectivity index (χ1) is 9.69. The van der Waals surface area contributed by atoms with Crippen molar-refractivity contribution in [2.75, 3.05) is 31.6 Å². The zero-order chi connectivity index (χ0) is 14.4. The maximum Gasteiger partial charge on any atom is 0.219 e. The maximum absolute atomic E-state index is 11.4. The molecule has 1 aromatic rings. The van der Waals surface area contributed by atoms with Crippen molar-refractivity contribution >= 4 is 11.6 Å². The SMILES string of the molecule is CC(=O)N1CCC[C@@H](Cc2cncc(NCCO)c2)C1. The van der Waals surface area contributed by atoms with Gasteiger partial charge in [0.05, 0.1) is 12.3 Å². The van der Waals surface area contributed by atoms with Crippen molar-refractivity contribution in [2.24, 2.45) is 5.92 Å². The molecule has 1 atom stereocenters. The summed E-state index contributed by atoms with van der Waals surface area (Å²) in [5.74, 6) is 0.689. The van der Waals surface area contributed by atoms with E-state index in [1.165, 1.54) is 5.56 Å². The van der Waals surface area contributed by atoms with Crippen molar-refractivity contribution in [1.29, 1.82) is 0 Å². The van der Waals surface area contributed by atoms with Gasteiger partial charge in [0, 0.05) is 39.0 Å². The van der Waals surface area contributed by atoms with Crippen LogP contribution in [0.4, 0.5) is 5.69 Å². The second-order valence-electron chi connectivity index (χ2n) is 5.41. The Balaban J connectivity index is 1.93. The van der Waals surface area contributed by atoms with Gasteiger partial charge in [0.25, 0.3) is 0 Å². The molecule has 0 unspecified atom stereocenters. The van der Waals surface area contributed by atoms with E-state index in [9.17, 15) is 4.79 Å². The zero-order valence-corrected chi connectivity index (χ0v) is 12.0. The monoisotopic (exact) mass is 277 g/mol. The summed E-state index contributed by atoms with van der Waals surface area (Å²) < 4.78 is 0. The van der Waals surface area contributed by atoms with Gasteiger partial charge in [-0.1, -0.05) is 0 Å². The molecule has 1 amide bonds. The fourth-order valence-electron chi connectivity index (χ4n) is 2.75. The lowest BCUT2D eigenvalue weighted by atomic mass is 9.92. The topological polar surface area (TPSA) is 65.5 Å². The molecule has 1 aliphatic rings. The fourth-order valence-corrected chi connectivity index (χ4v) is 2.75. The number of amides is 1. The summed E-state index contributed by atoms with van der Waals surface area (Å²) in [6, 6.07) is 2.08. The number of pyridine rings is 1. The third kappa shape index (κ3) is 4.20. The fraction of sp³-hybridized carbons (Fsp3) is 0.600. The van der Waals surface area contributed by atoms with Gasteiger partial charge < -0.3 is 15.3 Å². The van der Waals surface area contributed by atoms with Gasteiger partial charge in [-0.2, -0.15) is 0 Å². The Morgan fingerprint density at radius 1 is 1.55 bits per heavy atom. The van der Waals surface area contributed by atoms with Gasteiger partial charge >= 0.3 is 0 Å². The number of carbonyl (C=O) groups is 1. The molecule has 1 saturated heterocycles. The molecule has 0 aromatic carbocycles. The molecule has 1 aromatic heterocycles. The Labute approximate surface area is 120 Å². The van der Waals surface area contributed by atoms with Crippen LogP contribution in [0.15, 0.2) is 18.5 Å². The summed E-state index contributed by atoms with van der Waals surface area (Å²) in [5, 5.41) is 11.9. The van der Waals surface area contributed by atoms with E-state index in [1.807, 2.05) is 11.1 Å². The van der Waals surface area contributed by atoms with Crippen LogP contribution in [0.3, 0.4) is 0 Å². The Morgan fingerprint density at radius 3 is 3.15 bits per heavy atom. The minimum Gasteiger partial charge on any atom is -0.395 e. The van der Waals surface area contributed by atoms with Gasteiger partial charge in [-0.15, -0.1) is 0 Å². The number of carbonyl (C=O) groups excluding carboxylic acids is 1. The molecule has 110 valence electrons. The van der Waals surface area contributed by atoms with Crippen LogP contribution in [0.1, 0.15) is 25.3 Å². The smallest absolute Gasteiger partial charge is 0.219 e. The number of aromatic nitrogens is 1. The number of anilines is 1. The zero-order valence-electron chi connectivity index (χ0n) is 12.0. The van der Waals surface area contributed by atoms with Crippen LogP contribution >= 0.6 is 0 Å². The summed E-state index contributed by atoms with van der Waals surface area (Å²) in [7, 11) is 0.